The van der Waals surface area contributed by atoms with E-state index in [4.69, 9.17) is 0 Å². The fraction of sp³-hybridized carbons (Fsp3) is 0. The number of rotatable bonds is 2. The van der Waals surface area contributed by atoms with E-state index in [2.05, 4.69) is 170 Å². The minimum absolute atomic E-state index is 0.190. The van der Waals surface area contributed by atoms with Gasteiger partial charge in [-0.15, -0.1) is 0 Å². The standard InChI is InChI=1S/C52H28B2/c1-3-13-29(14-4-1)37-25-39-35-21-11-19-33-31-17-8-10-24-44(31)54(51(33)35)46-28-42-38(30-15-5-2-6-16-30)26-40-36-22-12-20-34-32-18-7-9-23-43(32)53(52(34)36)45-27-41(37)49(47(39)46)50(42)48(40)45/h1-28H. The quantitative estimate of drug-likeness (QED) is 0.127. The van der Waals surface area contributed by atoms with Gasteiger partial charge in [-0.05, 0) is 111 Å². The summed E-state index contributed by atoms with van der Waals surface area (Å²) in [6.07, 6.45) is 0. The SMILES string of the molecule is c1ccc(-c2cc3c4c(cc5c(-c6ccccc6)cc6c7c(cc2c4c57)B2c4ccccc4-c4cccc-6c42)B2c4ccccc4-c4cccc-3c42)cc1. The third-order valence-electron chi connectivity index (χ3n) is 13.4. The van der Waals surface area contributed by atoms with E-state index in [0.717, 1.165) is 0 Å². The Morgan fingerprint density at radius 1 is 0.241 bits per heavy atom. The molecule has 0 atom stereocenters. The van der Waals surface area contributed by atoms with Crippen LogP contribution in [0.1, 0.15) is 0 Å². The zero-order chi connectivity index (χ0) is 34.8. The largest absolute Gasteiger partial charge is 0.244 e. The first-order chi connectivity index (χ1) is 26.8. The average molecular weight is 674 g/mol. The highest BCUT2D eigenvalue weighted by Gasteiger charge is 2.44. The molecule has 0 nitrogen and oxygen atoms in total. The molecule has 10 aromatic rings. The van der Waals surface area contributed by atoms with Crippen LogP contribution in [0.15, 0.2) is 170 Å². The van der Waals surface area contributed by atoms with E-state index in [9.17, 15) is 0 Å². The van der Waals surface area contributed by atoms with Crippen molar-refractivity contribution < 1.29 is 0 Å². The highest BCUT2D eigenvalue weighted by atomic mass is 14.3. The van der Waals surface area contributed by atoms with Gasteiger partial charge in [-0.3, -0.25) is 0 Å². The Morgan fingerprint density at radius 3 is 1.06 bits per heavy atom. The first-order valence-corrected chi connectivity index (χ1v) is 19.3. The molecular weight excluding hydrogens is 646 g/mol. The van der Waals surface area contributed by atoms with E-state index in [-0.39, 0.29) is 13.4 Å². The van der Waals surface area contributed by atoms with E-state index in [1.165, 1.54) is 132 Å². The molecule has 0 aromatic heterocycles. The molecule has 0 radical (unpaired) electrons. The van der Waals surface area contributed by atoms with Crippen LogP contribution in [-0.4, -0.2) is 13.4 Å². The van der Waals surface area contributed by atoms with Gasteiger partial charge in [0, 0.05) is 0 Å². The Bertz CT molecular complexity index is 3100. The van der Waals surface area contributed by atoms with E-state index in [1.54, 1.807) is 0 Å². The van der Waals surface area contributed by atoms with Gasteiger partial charge in [-0.25, -0.2) is 0 Å². The maximum absolute atomic E-state index is 2.62. The van der Waals surface area contributed by atoms with Crippen molar-refractivity contribution in [2.24, 2.45) is 0 Å². The summed E-state index contributed by atoms with van der Waals surface area (Å²) in [5.41, 5.74) is 24.9. The van der Waals surface area contributed by atoms with E-state index in [1.807, 2.05) is 0 Å². The van der Waals surface area contributed by atoms with E-state index >= 15 is 0 Å². The predicted molar refractivity (Wildman–Crippen MR) is 232 cm³/mol. The van der Waals surface area contributed by atoms with Gasteiger partial charge in [0.25, 0.3) is 0 Å². The predicted octanol–water partition coefficient (Wildman–Crippen LogP) is 8.87. The first kappa shape index (κ1) is 27.9. The summed E-state index contributed by atoms with van der Waals surface area (Å²) in [5, 5.41) is 8.42. The van der Waals surface area contributed by atoms with E-state index in [0.29, 0.717) is 0 Å². The second-order valence-corrected chi connectivity index (χ2v) is 15.8. The van der Waals surface area contributed by atoms with Crippen molar-refractivity contribution in [3.8, 4) is 66.8 Å². The second kappa shape index (κ2) is 9.67. The van der Waals surface area contributed by atoms with Crippen molar-refractivity contribution >= 4 is 78.5 Å². The second-order valence-electron chi connectivity index (χ2n) is 15.8. The Labute approximate surface area is 313 Å². The van der Waals surface area contributed by atoms with Crippen molar-refractivity contribution in [2.45, 2.75) is 0 Å². The Balaban J connectivity index is 1.26. The number of hydrogen-bond donors (Lipinski definition) is 0. The highest BCUT2D eigenvalue weighted by Crippen LogP contribution is 2.50. The summed E-state index contributed by atoms with van der Waals surface area (Å²) < 4.78 is 0. The third-order valence-corrected chi connectivity index (χ3v) is 13.4. The number of benzene rings is 10. The van der Waals surface area contributed by atoms with Crippen LogP contribution in [-0.2, 0) is 0 Å². The van der Waals surface area contributed by atoms with Crippen LogP contribution >= 0.6 is 0 Å². The van der Waals surface area contributed by atoms with Crippen LogP contribution in [0.5, 0.6) is 0 Å². The van der Waals surface area contributed by atoms with Gasteiger partial charge < -0.3 is 0 Å². The van der Waals surface area contributed by atoms with Crippen LogP contribution in [0.25, 0.3) is 99.1 Å². The van der Waals surface area contributed by atoms with Crippen LogP contribution in [0.2, 0.25) is 0 Å². The van der Waals surface area contributed by atoms with Crippen molar-refractivity contribution in [3.63, 3.8) is 0 Å². The van der Waals surface area contributed by atoms with Crippen molar-refractivity contribution in [1.29, 1.82) is 0 Å². The molecule has 0 fully saturated rings. The minimum atomic E-state index is 0.190. The van der Waals surface area contributed by atoms with Gasteiger partial charge in [0.1, 0.15) is 0 Å². The van der Waals surface area contributed by atoms with Crippen molar-refractivity contribution in [3.05, 3.63) is 170 Å². The molecule has 2 heteroatoms. The molecule has 54 heavy (non-hydrogen) atoms. The zero-order valence-corrected chi connectivity index (χ0v) is 29.3. The molecule has 0 aliphatic carbocycles. The summed E-state index contributed by atoms with van der Waals surface area (Å²) in [6, 6.07) is 65.0. The molecule has 0 amide bonds. The number of hydrogen-bond acceptors (Lipinski definition) is 0. The Hall–Kier alpha value is -6.63. The van der Waals surface area contributed by atoms with Gasteiger partial charge in [-0.1, -0.05) is 191 Å². The molecular formula is C52H28B2. The van der Waals surface area contributed by atoms with Gasteiger partial charge >= 0.3 is 0 Å². The van der Waals surface area contributed by atoms with E-state index < -0.39 is 0 Å². The molecule has 0 saturated carbocycles. The molecule has 242 valence electrons. The maximum atomic E-state index is 2.62. The molecule has 10 aromatic carbocycles. The molecule has 0 saturated heterocycles. The van der Waals surface area contributed by atoms with Crippen LogP contribution in [0, 0.1) is 0 Å². The van der Waals surface area contributed by atoms with Gasteiger partial charge in [0.2, 0.25) is 13.4 Å². The van der Waals surface area contributed by atoms with Crippen molar-refractivity contribution in [2.75, 3.05) is 0 Å². The highest BCUT2D eigenvalue weighted by molar-refractivity contribution is 7.03. The molecule has 0 N–H and O–H groups in total. The maximum Gasteiger partial charge on any atom is 0.244 e. The topological polar surface area (TPSA) is 0 Å². The van der Waals surface area contributed by atoms with Crippen molar-refractivity contribution in [1.82, 2.24) is 0 Å². The summed E-state index contributed by atoms with van der Waals surface area (Å²) in [4.78, 5) is 0. The smallest absolute Gasteiger partial charge is 0.0664 e. The molecule has 4 aliphatic rings. The van der Waals surface area contributed by atoms with Gasteiger partial charge in [0.15, 0.2) is 0 Å². The minimum Gasteiger partial charge on any atom is -0.0664 e. The van der Waals surface area contributed by atoms with Crippen LogP contribution < -0.4 is 32.8 Å². The fourth-order valence-corrected chi connectivity index (χ4v) is 11.5. The molecule has 0 unspecified atom stereocenters. The summed E-state index contributed by atoms with van der Waals surface area (Å²) in [7, 11) is 0. The lowest BCUT2D eigenvalue weighted by atomic mass is 9.34. The molecule has 4 aliphatic heterocycles. The zero-order valence-electron chi connectivity index (χ0n) is 29.3. The number of fused-ring (bicyclic) bond motifs is 10. The van der Waals surface area contributed by atoms with Gasteiger partial charge in [0.05, 0.1) is 0 Å². The first-order valence-electron chi connectivity index (χ1n) is 19.3. The van der Waals surface area contributed by atoms with Crippen LogP contribution in [0.4, 0.5) is 0 Å². The molecule has 14 rings (SSSR count). The fourth-order valence-electron chi connectivity index (χ4n) is 11.5. The summed E-state index contributed by atoms with van der Waals surface area (Å²) >= 11 is 0. The summed E-state index contributed by atoms with van der Waals surface area (Å²) in [6.45, 7) is 0.379. The molecule has 4 heterocycles. The molecule has 0 bridgehead atoms. The molecule has 0 spiro atoms. The third kappa shape index (κ3) is 3.19. The average Bonchev–Trinajstić information content (AvgIpc) is 3.76. The van der Waals surface area contributed by atoms with Gasteiger partial charge in [-0.2, -0.15) is 0 Å². The lowest BCUT2D eigenvalue weighted by Gasteiger charge is -2.32. The lowest BCUT2D eigenvalue weighted by molar-refractivity contribution is 1.63. The monoisotopic (exact) mass is 674 g/mol. The normalized spacial score (nSPS) is 13.5. The van der Waals surface area contributed by atoms with Crippen LogP contribution in [0.3, 0.4) is 0 Å². The lowest BCUT2D eigenvalue weighted by Crippen LogP contribution is -2.52. The Morgan fingerprint density at radius 2 is 0.611 bits per heavy atom. The summed E-state index contributed by atoms with van der Waals surface area (Å²) in [5.74, 6) is 0. The Kier molecular flexibility index (Phi) is 5.00.